The van der Waals surface area contributed by atoms with Gasteiger partial charge in [0.15, 0.2) is 0 Å². The molecule has 2 aromatic rings. The second-order valence-electron chi connectivity index (χ2n) is 5.92. The van der Waals surface area contributed by atoms with E-state index in [1.165, 1.54) is 37.4 Å². The van der Waals surface area contributed by atoms with E-state index in [0.717, 1.165) is 4.90 Å². The van der Waals surface area contributed by atoms with Crippen molar-refractivity contribution in [3.63, 3.8) is 0 Å². The van der Waals surface area contributed by atoms with Crippen molar-refractivity contribution in [1.29, 1.82) is 0 Å². The molecule has 2 N–H and O–H groups in total. The maximum Gasteiger partial charge on any atom is 0.273 e. The van der Waals surface area contributed by atoms with Crippen LogP contribution in [0.4, 0.5) is 5.69 Å². The summed E-state index contributed by atoms with van der Waals surface area (Å²) in [6, 6.07) is 10.4. The molecule has 3 rings (SSSR count). The molecular weight excluding hydrogens is 386 g/mol. The first-order valence-electron chi connectivity index (χ1n) is 8.31. The zero-order chi connectivity index (χ0) is 20.3. The quantitative estimate of drug-likeness (QED) is 0.602. The highest BCUT2D eigenvalue weighted by atomic mass is 35.5. The molecule has 1 saturated heterocycles. The zero-order valence-electron chi connectivity index (χ0n) is 14.8. The molecule has 2 aromatic carbocycles. The van der Waals surface area contributed by atoms with Gasteiger partial charge in [0.2, 0.25) is 11.8 Å². The van der Waals surface area contributed by atoms with E-state index in [9.17, 15) is 19.2 Å². The summed E-state index contributed by atoms with van der Waals surface area (Å²) < 4.78 is 5.10. The molecule has 9 heteroatoms. The number of hydrogen-bond acceptors (Lipinski definition) is 5. The normalized spacial score (nSPS) is 13.4. The van der Waals surface area contributed by atoms with Gasteiger partial charge in [0.05, 0.1) is 18.4 Å². The van der Waals surface area contributed by atoms with Gasteiger partial charge in [-0.15, -0.1) is 0 Å². The monoisotopic (exact) mass is 401 g/mol. The molecule has 0 unspecified atom stereocenters. The number of rotatable bonds is 4. The summed E-state index contributed by atoms with van der Waals surface area (Å²) >= 11 is 5.89. The molecule has 0 bridgehead atoms. The minimum Gasteiger partial charge on any atom is -0.496 e. The maximum atomic E-state index is 12.3. The predicted molar refractivity (Wildman–Crippen MR) is 101 cm³/mol. The highest BCUT2D eigenvalue weighted by Crippen LogP contribution is 2.23. The van der Waals surface area contributed by atoms with Crippen LogP contribution in [-0.4, -0.2) is 30.7 Å². The first-order valence-corrected chi connectivity index (χ1v) is 8.68. The zero-order valence-corrected chi connectivity index (χ0v) is 15.6. The van der Waals surface area contributed by atoms with Crippen molar-refractivity contribution in [2.45, 2.75) is 12.8 Å². The molecule has 1 fully saturated rings. The molecule has 1 aliphatic rings. The van der Waals surface area contributed by atoms with Crippen molar-refractivity contribution in [3.05, 3.63) is 58.6 Å². The molecule has 0 saturated carbocycles. The van der Waals surface area contributed by atoms with Crippen LogP contribution < -0.4 is 20.5 Å². The summed E-state index contributed by atoms with van der Waals surface area (Å²) in [6.45, 7) is 0. The molecule has 0 aromatic heterocycles. The summed E-state index contributed by atoms with van der Waals surface area (Å²) in [5.41, 5.74) is 5.38. The Labute approximate surface area is 165 Å². The van der Waals surface area contributed by atoms with Gasteiger partial charge in [-0.2, -0.15) is 0 Å². The Bertz CT molecular complexity index is 943. The summed E-state index contributed by atoms with van der Waals surface area (Å²) in [5, 5.41) is 0.346. The van der Waals surface area contributed by atoms with Crippen LogP contribution in [0.25, 0.3) is 0 Å². The predicted octanol–water partition coefficient (Wildman–Crippen LogP) is 2.08. The lowest BCUT2D eigenvalue weighted by Gasteiger charge is -2.14. The number of nitrogens with zero attached hydrogens (tertiary/aromatic N) is 1. The molecule has 0 atom stereocenters. The largest absolute Gasteiger partial charge is 0.496 e. The Hall–Kier alpha value is -3.39. The highest BCUT2D eigenvalue weighted by molar-refractivity contribution is 6.31. The molecule has 1 heterocycles. The van der Waals surface area contributed by atoms with Gasteiger partial charge in [-0.3, -0.25) is 34.9 Å². The Morgan fingerprint density at radius 1 is 0.964 bits per heavy atom. The van der Waals surface area contributed by atoms with Crippen LogP contribution in [0.5, 0.6) is 5.75 Å². The fraction of sp³-hybridized carbons (Fsp3) is 0.158. The number of benzene rings is 2. The van der Waals surface area contributed by atoms with E-state index in [4.69, 9.17) is 16.3 Å². The highest BCUT2D eigenvalue weighted by Gasteiger charge is 2.30. The van der Waals surface area contributed by atoms with E-state index in [1.54, 1.807) is 12.1 Å². The average Bonchev–Trinajstić information content (AvgIpc) is 3.04. The van der Waals surface area contributed by atoms with Crippen LogP contribution in [0.15, 0.2) is 42.5 Å². The van der Waals surface area contributed by atoms with Crippen LogP contribution in [0, 0.1) is 0 Å². The van der Waals surface area contributed by atoms with Crippen molar-refractivity contribution in [2.75, 3.05) is 12.0 Å². The molecule has 8 nitrogen and oxygen atoms in total. The van der Waals surface area contributed by atoms with Gasteiger partial charge < -0.3 is 4.74 Å². The lowest BCUT2D eigenvalue weighted by Crippen LogP contribution is -2.41. The van der Waals surface area contributed by atoms with E-state index < -0.39 is 11.8 Å². The fourth-order valence-corrected chi connectivity index (χ4v) is 2.91. The van der Waals surface area contributed by atoms with Gasteiger partial charge in [0.1, 0.15) is 5.75 Å². The summed E-state index contributed by atoms with van der Waals surface area (Å²) in [5.74, 6) is -1.41. The average molecular weight is 402 g/mol. The molecule has 28 heavy (non-hydrogen) atoms. The van der Waals surface area contributed by atoms with Crippen LogP contribution in [0.2, 0.25) is 5.02 Å². The lowest BCUT2D eigenvalue weighted by molar-refractivity contribution is -0.121. The molecule has 1 aliphatic heterocycles. The van der Waals surface area contributed by atoms with Crippen LogP contribution in [0.3, 0.4) is 0 Å². The summed E-state index contributed by atoms with van der Waals surface area (Å²) in [7, 11) is 1.41. The third-order valence-corrected chi connectivity index (χ3v) is 4.37. The Balaban J connectivity index is 1.65. The summed E-state index contributed by atoms with van der Waals surface area (Å²) in [6.07, 6.45) is 0.361. The molecule has 144 valence electrons. The fourth-order valence-electron chi connectivity index (χ4n) is 2.74. The number of hydrazine groups is 1. The number of amides is 4. The van der Waals surface area contributed by atoms with E-state index in [0.29, 0.717) is 16.5 Å². The van der Waals surface area contributed by atoms with Gasteiger partial charge in [0.25, 0.3) is 11.8 Å². The molecule has 4 amide bonds. The van der Waals surface area contributed by atoms with E-state index >= 15 is 0 Å². The van der Waals surface area contributed by atoms with Crippen molar-refractivity contribution in [1.82, 2.24) is 10.9 Å². The smallest absolute Gasteiger partial charge is 0.273 e. The number of ether oxygens (including phenoxy) is 1. The number of hydrogen-bond donors (Lipinski definition) is 2. The molecular formula is C19H16ClN3O5. The van der Waals surface area contributed by atoms with Gasteiger partial charge in [0, 0.05) is 23.4 Å². The minimum atomic E-state index is -0.599. The Morgan fingerprint density at radius 2 is 1.57 bits per heavy atom. The molecule has 0 radical (unpaired) electrons. The van der Waals surface area contributed by atoms with Gasteiger partial charge in [-0.25, -0.2) is 0 Å². The number of carbonyl (C=O) groups is 4. The SMILES string of the molecule is COc1ccc(Cl)cc1C(=O)NNC(=O)c1ccc(N2C(=O)CCC2=O)cc1. The maximum absolute atomic E-state index is 12.3. The van der Waals surface area contributed by atoms with Crippen molar-refractivity contribution < 1.29 is 23.9 Å². The van der Waals surface area contributed by atoms with Gasteiger partial charge in [-0.1, -0.05) is 11.6 Å². The second-order valence-corrected chi connectivity index (χ2v) is 6.36. The third kappa shape index (κ3) is 3.96. The van der Waals surface area contributed by atoms with Crippen molar-refractivity contribution in [2.24, 2.45) is 0 Å². The van der Waals surface area contributed by atoms with Crippen molar-refractivity contribution in [3.8, 4) is 5.75 Å². The second kappa shape index (κ2) is 8.10. The Kier molecular flexibility index (Phi) is 5.60. The number of nitrogens with one attached hydrogen (secondary N) is 2. The third-order valence-electron chi connectivity index (χ3n) is 4.13. The Morgan fingerprint density at radius 3 is 2.18 bits per heavy atom. The van der Waals surface area contributed by atoms with Gasteiger partial charge in [-0.05, 0) is 42.5 Å². The number of methoxy groups -OCH3 is 1. The first kappa shape index (κ1) is 19.4. The number of imide groups is 1. The number of carbonyl (C=O) groups excluding carboxylic acids is 4. The van der Waals surface area contributed by atoms with E-state index in [1.807, 2.05) is 0 Å². The topological polar surface area (TPSA) is 105 Å². The standard InChI is InChI=1S/C19H16ClN3O5/c1-28-15-7-4-12(20)10-14(15)19(27)22-21-18(26)11-2-5-13(6-3-11)23-16(24)8-9-17(23)25/h2-7,10H,8-9H2,1H3,(H,21,26)(H,22,27). The van der Waals surface area contributed by atoms with E-state index in [2.05, 4.69) is 10.9 Å². The van der Waals surface area contributed by atoms with Crippen LogP contribution in [-0.2, 0) is 9.59 Å². The van der Waals surface area contributed by atoms with Crippen LogP contribution >= 0.6 is 11.6 Å². The number of halogens is 1. The first-order chi connectivity index (χ1) is 13.4. The number of anilines is 1. The lowest BCUT2D eigenvalue weighted by atomic mass is 10.2. The van der Waals surface area contributed by atoms with Crippen LogP contribution in [0.1, 0.15) is 33.6 Å². The van der Waals surface area contributed by atoms with Crippen molar-refractivity contribution >= 4 is 40.9 Å². The molecule has 0 aliphatic carbocycles. The summed E-state index contributed by atoms with van der Waals surface area (Å²) in [4.78, 5) is 49.1. The minimum absolute atomic E-state index is 0.164. The van der Waals surface area contributed by atoms with Gasteiger partial charge >= 0.3 is 0 Å². The molecule has 0 spiro atoms. The van der Waals surface area contributed by atoms with E-state index in [-0.39, 0.29) is 35.8 Å².